The van der Waals surface area contributed by atoms with Crippen molar-refractivity contribution in [2.45, 2.75) is 45.8 Å². The van der Waals surface area contributed by atoms with Gasteiger partial charge in [0, 0.05) is 13.1 Å². The van der Waals surface area contributed by atoms with Gasteiger partial charge < -0.3 is 9.64 Å². The predicted molar refractivity (Wildman–Crippen MR) is 90.9 cm³/mol. The summed E-state index contributed by atoms with van der Waals surface area (Å²) in [6, 6.07) is 6.11. The molecule has 2 heterocycles. The second kappa shape index (κ2) is 7.03. The summed E-state index contributed by atoms with van der Waals surface area (Å²) in [5.74, 6) is 0.807. The number of carbonyl (C=O) groups is 1. The molecule has 2 aromatic rings. The second-order valence-corrected chi connectivity index (χ2v) is 6.41. The van der Waals surface area contributed by atoms with Gasteiger partial charge in [0.15, 0.2) is 6.10 Å². The lowest BCUT2D eigenvalue weighted by Crippen LogP contribution is -2.46. The van der Waals surface area contributed by atoms with Crippen LogP contribution in [0.3, 0.4) is 0 Å². The van der Waals surface area contributed by atoms with Crippen molar-refractivity contribution in [3.05, 3.63) is 42.0 Å². The largest absolute Gasteiger partial charge is 0.481 e. The van der Waals surface area contributed by atoms with Crippen LogP contribution in [0.25, 0.3) is 0 Å². The number of piperidine rings is 1. The van der Waals surface area contributed by atoms with Crippen LogP contribution in [0.5, 0.6) is 5.75 Å². The standard InChI is InChI=1S/C18H24N4O2/c1-13-6-4-8-17(14(13)2)24-15(3)18(23)21-9-5-7-16(10-21)22-12-19-11-20-22/h4,6,8,11-12,15-16H,5,7,9-10H2,1-3H3/t15-,16+/m1/s1. The number of likely N-dealkylation sites (tertiary alicyclic amines) is 1. The summed E-state index contributed by atoms with van der Waals surface area (Å²) in [6.45, 7) is 7.31. The average molecular weight is 328 g/mol. The maximum absolute atomic E-state index is 12.8. The Kier molecular flexibility index (Phi) is 4.83. The number of rotatable bonds is 4. The molecular weight excluding hydrogens is 304 g/mol. The van der Waals surface area contributed by atoms with Crippen molar-refractivity contribution in [2.24, 2.45) is 0 Å². The first-order chi connectivity index (χ1) is 11.6. The number of ether oxygens (including phenoxy) is 1. The van der Waals surface area contributed by atoms with Gasteiger partial charge in [-0.05, 0) is 50.8 Å². The van der Waals surface area contributed by atoms with E-state index in [-0.39, 0.29) is 11.9 Å². The molecule has 0 spiro atoms. The van der Waals surface area contributed by atoms with Gasteiger partial charge in [0.25, 0.3) is 5.91 Å². The topological polar surface area (TPSA) is 60.2 Å². The van der Waals surface area contributed by atoms with E-state index in [2.05, 4.69) is 10.1 Å². The Balaban J connectivity index is 1.65. The normalized spacial score (nSPS) is 19.1. The summed E-state index contributed by atoms with van der Waals surface area (Å²) in [5.41, 5.74) is 2.24. The van der Waals surface area contributed by atoms with Crippen LogP contribution in [0.15, 0.2) is 30.9 Å². The zero-order valence-corrected chi connectivity index (χ0v) is 14.5. The zero-order valence-electron chi connectivity index (χ0n) is 14.5. The molecule has 0 aliphatic carbocycles. The van der Waals surface area contributed by atoms with Crippen LogP contribution in [0.4, 0.5) is 0 Å². The van der Waals surface area contributed by atoms with E-state index in [0.29, 0.717) is 6.54 Å². The van der Waals surface area contributed by atoms with Gasteiger partial charge in [0.1, 0.15) is 18.4 Å². The third-order valence-corrected chi connectivity index (χ3v) is 4.73. The highest BCUT2D eigenvalue weighted by molar-refractivity contribution is 5.81. The molecule has 6 nitrogen and oxygen atoms in total. The molecule has 2 atom stereocenters. The van der Waals surface area contributed by atoms with Crippen molar-refractivity contribution in [3.63, 3.8) is 0 Å². The van der Waals surface area contributed by atoms with Crippen LogP contribution in [-0.4, -0.2) is 44.8 Å². The van der Waals surface area contributed by atoms with E-state index >= 15 is 0 Å². The molecule has 1 aliphatic heterocycles. The van der Waals surface area contributed by atoms with E-state index in [0.717, 1.165) is 36.3 Å². The lowest BCUT2D eigenvalue weighted by atomic mass is 10.1. The summed E-state index contributed by atoms with van der Waals surface area (Å²) in [5, 5.41) is 4.20. The molecule has 1 fully saturated rings. The smallest absolute Gasteiger partial charge is 0.263 e. The number of carbonyl (C=O) groups excluding carboxylic acids is 1. The third kappa shape index (κ3) is 3.42. The second-order valence-electron chi connectivity index (χ2n) is 6.41. The van der Waals surface area contributed by atoms with Gasteiger partial charge in [0.2, 0.25) is 0 Å². The summed E-state index contributed by atoms with van der Waals surface area (Å²) in [4.78, 5) is 18.6. The SMILES string of the molecule is Cc1cccc(O[C@H](C)C(=O)N2CCC[C@H](n3cncn3)C2)c1C. The highest BCUT2D eigenvalue weighted by atomic mass is 16.5. The fourth-order valence-corrected chi connectivity index (χ4v) is 3.13. The predicted octanol–water partition coefficient (Wildman–Crippen LogP) is 2.53. The van der Waals surface area contributed by atoms with Crippen molar-refractivity contribution in [3.8, 4) is 5.75 Å². The van der Waals surface area contributed by atoms with Gasteiger partial charge >= 0.3 is 0 Å². The van der Waals surface area contributed by atoms with Crippen LogP contribution < -0.4 is 4.74 Å². The van der Waals surface area contributed by atoms with E-state index < -0.39 is 6.10 Å². The van der Waals surface area contributed by atoms with Crippen molar-refractivity contribution in [1.82, 2.24) is 19.7 Å². The maximum atomic E-state index is 12.8. The first kappa shape index (κ1) is 16.5. The molecule has 0 N–H and O–H groups in total. The summed E-state index contributed by atoms with van der Waals surface area (Å²) < 4.78 is 7.78. The Morgan fingerprint density at radius 1 is 1.38 bits per heavy atom. The molecule has 1 amide bonds. The molecule has 1 aromatic carbocycles. The minimum Gasteiger partial charge on any atom is -0.481 e. The molecule has 1 aromatic heterocycles. The maximum Gasteiger partial charge on any atom is 0.263 e. The number of aryl methyl sites for hydroxylation is 1. The number of hydrogen-bond donors (Lipinski definition) is 0. The Morgan fingerprint density at radius 2 is 2.21 bits per heavy atom. The third-order valence-electron chi connectivity index (χ3n) is 4.73. The molecule has 3 rings (SSSR count). The minimum absolute atomic E-state index is 0.0284. The van der Waals surface area contributed by atoms with Crippen LogP contribution in [-0.2, 0) is 4.79 Å². The molecule has 0 saturated carbocycles. The quantitative estimate of drug-likeness (QED) is 0.865. The van der Waals surface area contributed by atoms with E-state index in [1.807, 2.05) is 48.6 Å². The van der Waals surface area contributed by atoms with Crippen molar-refractivity contribution < 1.29 is 9.53 Å². The van der Waals surface area contributed by atoms with Gasteiger partial charge in [-0.2, -0.15) is 5.10 Å². The highest BCUT2D eigenvalue weighted by Crippen LogP contribution is 2.24. The van der Waals surface area contributed by atoms with Crippen molar-refractivity contribution in [1.29, 1.82) is 0 Å². The Bertz CT molecular complexity index is 699. The van der Waals surface area contributed by atoms with Gasteiger partial charge in [-0.1, -0.05) is 12.1 Å². The van der Waals surface area contributed by atoms with Crippen LogP contribution >= 0.6 is 0 Å². The van der Waals surface area contributed by atoms with E-state index in [9.17, 15) is 4.79 Å². The van der Waals surface area contributed by atoms with Crippen LogP contribution in [0.2, 0.25) is 0 Å². The van der Waals surface area contributed by atoms with Gasteiger partial charge in [-0.25, -0.2) is 9.67 Å². The molecule has 1 aliphatic rings. The number of amides is 1. The van der Waals surface area contributed by atoms with Crippen molar-refractivity contribution in [2.75, 3.05) is 13.1 Å². The first-order valence-electron chi connectivity index (χ1n) is 8.42. The molecule has 1 saturated heterocycles. The number of nitrogens with zero attached hydrogens (tertiary/aromatic N) is 4. The highest BCUT2D eigenvalue weighted by Gasteiger charge is 2.29. The number of benzene rings is 1. The Labute approximate surface area is 142 Å². The fraction of sp³-hybridized carbons (Fsp3) is 0.500. The molecule has 6 heteroatoms. The lowest BCUT2D eigenvalue weighted by Gasteiger charge is -2.34. The van der Waals surface area contributed by atoms with E-state index in [4.69, 9.17) is 4.74 Å². The minimum atomic E-state index is -0.500. The molecule has 0 unspecified atom stereocenters. The lowest BCUT2D eigenvalue weighted by molar-refractivity contribution is -0.139. The van der Waals surface area contributed by atoms with E-state index in [1.165, 1.54) is 6.33 Å². The van der Waals surface area contributed by atoms with Crippen molar-refractivity contribution >= 4 is 5.91 Å². The fourth-order valence-electron chi connectivity index (χ4n) is 3.13. The van der Waals surface area contributed by atoms with E-state index in [1.54, 1.807) is 6.33 Å². The van der Waals surface area contributed by atoms with Crippen LogP contribution in [0, 0.1) is 13.8 Å². The average Bonchev–Trinajstić information content (AvgIpc) is 3.13. The van der Waals surface area contributed by atoms with Gasteiger partial charge in [-0.3, -0.25) is 4.79 Å². The molecule has 0 radical (unpaired) electrons. The zero-order chi connectivity index (χ0) is 17.1. The summed E-state index contributed by atoms with van der Waals surface area (Å²) in [6.07, 6.45) is 4.73. The summed E-state index contributed by atoms with van der Waals surface area (Å²) in [7, 11) is 0. The summed E-state index contributed by atoms with van der Waals surface area (Å²) >= 11 is 0. The van der Waals surface area contributed by atoms with Gasteiger partial charge in [0.05, 0.1) is 6.04 Å². The van der Waals surface area contributed by atoms with Crippen LogP contribution in [0.1, 0.15) is 36.9 Å². The molecule has 0 bridgehead atoms. The molecule has 128 valence electrons. The molecular formula is C18H24N4O2. The Morgan fingerprint density at radius 3 is 2.96 bits per heavy atom. The first-order valence-corrected chi connectivity index (χ1v) is 8.42. The monoisotopic (exact) mass is 328 g/mol. The van der Waals surface area contributed by atoms with Gasteiger partial charge in [-0.15, -0.1) is 0 Å². The number of hydrogen-bond acceptors (Lipinski definition) is 4. The number of aromatic nitrogens is 3. The molecule has 24 heavy (non-hydrogen) atoms. The Hall–Kier alpha value is -2.37.